The summed E-state index contributed by atoms with van der Waals surface area (Å²) in [6, 6.07) is 12.5. The Morgan fingerprint density at radius 1 is 1.12 bits per heavy atom. The third-order valence-electron chi connectivity index (χ3n) is 3.89. The molecule has 0 spiro atoms. The van der Waals surface area contributed by atoms with Crippen molar-refractivity contribution in [1.29, 1.82) is 0 Å². The molecule has 0 radical (unpaired) electrons. The van der Waals surface area contributed by atoms with Crippen LogP contribution in [0.15, 0.2) is 48.5 Å². The first kappa shape index (κ1) is 17.7. The van der Waals surface area contributed by atoms with Crippen LogP contribution in [0.2, 0.25) is 0 Å². The van der Waals surface area contributed by atoms with E-state index in [1.807, 2.05) is 13.8 Å². The monoisotopic (exact) mass is 329 g/mol. The molecule has 0 fully saturated rings. The van der Waals surface area contributed by atoms with Gasteiger partial charge in [0.05, 0.1) is 12.0 Å². The number of amides is 1. The van der Waals surface area contributed by atoms with Gasteiger partial charge in [-0.25, -0.2) is 9.18 Å². The van der Waals surface area contributed by atoms with Gasteiger partial charge in [0.25, 0.3) is 0 Å². The Morgan fingerprint density at radius 3 is 2.42 bits per heavy atom. The fourth-order valence-electron chi connectivity index (χ4n) is 2.38. The molecule has 0 aliphatic rings. The Hall–Kier alpha value is -2.69. The highest BCUT2D eigenvalue weighted by molar-refractivity contribution is 5.88. The molecule has 0 bridgehead atoms. The van der Waals surface area contributed by atoms with Crippen molar-refractivity contribution < 1.29 is 19.1 Å². The van der Waals surface area contributed by atoms with E-state index in [0.29, 0.717) is 12.1 Å². The van der Waals surface area contributed by atoms with Gasteiger partial charge in [-0.3, -0.25) is 4.79 Å². The van der Waals surface area contributed by atoms with Gasteiger partial charge in [-0.05, 0) is 35.4 Å². The van der Waals surface area contributed by atoms with Crippen molar-refractivity contribution >= 4 is 11.9 Å². The van der Waals surface area contributed by atoms with Crippen LogP contribution in [0.25, 0.3) is 0 Å². The predicted octanol–water partition coefficient (Wildman–Crippen LogP) is 3.16. The first-order valence-corrected chi connectivity index (χ1v) is 7.63. The smallest absolute Gasteiger partial charge is 0.335 e. The summed E-state index contributed by atoms with van der Waals surface area (Å²) in [6.45, 7) is 4.33. The number of aromatic carboxylic acids is 1. The quantitative estimate of drug-likeness (QED) is 0.855. The zero-order valence-corrected chi connectivity index (χ0v) is 13.7. The number of carbonyl (C=O) groups is 2. The van der Waals surface area contributed by atoms with Crippen molar-refractivity contribution in [2.24, 2.45) is 0 Å². The van der Waals surface area contributed by atoms with Crippen molar-refractivity contribution in [3.63, 3.8) is 0 Å². The van der Waals surface area contributed by atoms with Crippen molar-refractivity contribution in [3.05, 3.63) is 71.0 Å². The molecule has 126 valence electrons. The van der Waals surface area contributed by atoms with E-state index in [2.05, 4.69) is 5.32 Å². The van der Waals surface area contributed by atoms with Gasteiger partial charge in [0.1, 0.15) is 5.82 Å². The zero-order chi connectivity index (χ0) is 17.7. The van der Waals surface area contributed by atoms with Gasteiger partial charge in [-0.15, -0.1) is 0 Å². The van der Waals surface area contributed by atoms with Crippen molar-refractivity contribution in [2.45, 2.75) is 25.7 Å². The van der Waals surface area contributed by atoms with E-state index in [9.17, 15) is 14.0 Å². The molecular formula is C19H20FNO3. The summed E-state index contributed by atoms with van der Waals surface area (Å²) >= 11 is 0. The van der Waals surface area contributed by atoms with Gasteiger partial charge in [0.15, 0.2) is 0 Å². The molecule has 0 saturated carbocycles. The van der Waals surface area contributed by atoms with Gasteiger partial charge in [0, 0.05) is 12.0 Å². The van der Waals surface area contributed by atoms with Crippen molar-refractivity contribution in [1.82, 2.24) is 5.32 Å². The van der Waals surface area contributed by atoms with Gasteiger partial charge in [-0.1, -0.05) is 38.1 Å². The van der Waals surface area contributed by atoms with E-state index in [-0.39, 0.29) is 29.1 Å². The molecule has 0 aliphatic heterocycles. The number of carboxylic acid groups (broad SMARTS) is 1. The van der Waals surface area contributed by atoms with Crippen LogP contribution < -0.4 is 5.32 Å². The van der Waals surface area contributed by atoms with E-state index < -0.39 is 5.97 Å². The number of hydrogen-bond acceptors (Lipinski definition) is 2. The Labute approximate surface area is 140 Å². The third kappa shape index (κ3) is 4.65. The molecule has 5 heteroatoms. The first-order chi connectivity index (χ1) is 11.3. The maximum absolute atomic E-state index is 13.0. The minimum atomic E-state index is -1.02. The average molecular weight is 329 g/mol. The molecule has 2 aromatic carbocycles. The van der Waals surface area contributed by atoms with Crippen LogP contribution in [0.1, 0.15) is 35.3 Å². The Bertz CT molecular complexity index is 739. The normalized spacial score (nSPS) is 11.1. The summed E-state index contributed by atoms with van der Waals surface area (Å²) in [6.07, 6.45) is 0.112. The number of benzene rings is 2. The molecule has 0 atom stereocenters. The number of halogens is 1. The zero-order valence-electron chi connectivity index (χ0n) is 13.7. The van der Waals surface area contributed by atoms with Gasteiger partial charge in [-0.2, -0.15) is 0 Å². The summed E-state index contributed by atoms with van der Waals surface area (Å²) in [5.74, 6) is -1.50. The van der Waals surface area contributed by atoms with E-state index in [0.717, 1.165) is 5.56 Å². The van der Waals surface area contributed by atoms with Crippen LogP contribution in [0.3, 0.4) is 0 Å². The van der Waals surface area contributed by atoms with E-state index in [4.69, 9.17) is 5.11 Å². The number of nitrogens with one attached hydrogen (secondary N) is 1. The minimum absolute atomic E-state index is 0.112. The highest BCUT2D eigenvalue weighted by Crippen LogP contribution is 2.22. The molecule has 24 heavy (non-hydrogen) atoms. The lowest BCUT2D eigenvalue weighted by atomic mass is 9.84. The molecule has 2 rings (SSSR count). The highest BCUT2D eigenvalue weighted by atomic mass is 19.1. The van der Waals surface area contributed by atoms with E-state index >= 15 is 0 Å². The second kappa shape index (κ2) is 7.25. The summed E-state index contributed by atoms with van der Waals surface area (Å²) < 4.78 is 13.0. The molecular weight excluding hydrogens is 309 g/mol. The van der Waals surface area contributed by atoms with Crippen LogP contribution in [-0.2, 0) is 16.6 Å². The average Bonchev–Trinajstić information content (AvgIpc) is 2.54. The Balaban J connectivity index is 1.96. The van der Waals surface area contributed by atoms with Crippen LogP contribution >= 0.6 is 0 Å². The molecule has 1 amide bonds. The van der Waals surface area contributed by atoms with Gasteiger partial charge in [0.2, 0.25) is 5.91 Å². The number of hydrogen-bond donors (Lipinski definition) is 2. The molecule has 0 aromatic heterocycles. The first-order valence-electron chi connectivity index (χ1n) is 7.63. The number of carboxylic acids is 1. The predicted molar refractivity (Wildman–Crippen MR) is 89.5 cm³/mol. The van der Waals surface area contributed by atoms with Gasteiger partial charge >= 0.3 is 5.97 Å². The number of carbonyl (C=O) groups excluding carboxylic acids is 1. The van der Waals surface area contributed by atoms with E-state index in [1.165, 1.54) is 24.3 Å². The van der Waals surface area contributed by atoms with Gasteiger partial charge < -0.3 is 10.4 Å². The minimum Gasteiger partial charge on any atom is -0.478 e. The van der Waals surface area contributed by atoms with Crippen LogP contribution in [0.4, 0.5) is 4.39 Å². The maximum Gasteiger partial charge on any atom is 0.335 e. The molecule has 2 N–H and O–H groups in total. The second-order valence-corrected chi connectivity index (χ2v) is 6.35. The summed E-state index contributed by atoms with van der Waals surface area (Å²) in [5, 5.41) is 11.8. The Kier molecular flexibility index (Phi) is 5.34. The topological polar surface area (TPSA) is 66.4 Å². The summed E-state index contributed by atoms with van der Waals surface area (Å²) in [5.41, 5.74) is 1.39. The largest absolute Gasteiger partial charge is 0.478 e. The molecule has 4 nitrogen and oxygen atoms in total. The molecule has 0 unspecified atom stereocenters. The standard InChI is InChI=1S/C19H20FNO3/c1-19(2,15-6-8-16(20)9-7-15)12-21-17(22)11-13-4-3-5-14(10-13)18(23)24/h3-10H,11-12H2,1-2H3,(H,21,22)(H,23,24). The third-order valence-corrected chi connectivity index (χ3v) is 3.89. The van der Waals surface area contributed by atoms with Crippen LogP contribution in [0, 0.1) is 5.82 Å². The molecule has 0 saturated heterocycles. The number of rotatable bonds is 6. The summed E-state index contributed by atoms with van der Waals surface area (Å²) in [7, 11) is 0. The highest BCUT2D eigenvalue weighted by Gasteiger charge is 2.21. The maximum atomic E-state index is 13.0. The second-order valence-electron chi connectivity index (χ2n) is 6.35. The van der Waals surface area contributed by atoms with Crippen LogP contribution in [-0.4, -0.2) is 23.5 Å². The summed E-state index contributed by atoms with van der Waals surface area (Å²) in [4.78, 5) is 23.1. The lowest BCUT2D eigenvalue weighted by molar-refractivity contribution is -0.120. The fourth-order valence-corrected chi connectivity index (χ4v) is 2.38. The van der Waals surface area contributed by atoms with E-state index in [1.54, 1.807) is 24.3 Å². The van der Waals surface area contributed by atoms with Crippen LogP contribution in [0.5, 0.6) is 0 Å². The lowest BCUT2D eigenvalue weighted by Gasteiger charge is -2.25. The SMILES string of the molecule is CC(C)(CNC(=O)Cc1cccc(C(=O)O)c1)c1ccc(F)cc1. The van der Waals surface area contributed by atoms with Crippen molar-refractivity contribution in [3.8, 4) is 0 Å². The molecule has 0 heterocycles. The molecule has 2 aromatic rings. The lowest BCUT2D eigenvalue weighted by Crippen LogP contribution is -2.37. The fraction of sp³-hybridized carbons (Fsp3) is 0.263. The van der Waals surface area contributed by atoms with Crippen molar-refractivity contribution in [2.75, 3.05) is 6.54 Å². The molecule has 0 aliphatic carbocycles. The Morgan fingerprint density at radius 2 is 1.79 bits per heavy atom.